The van der Waals surface area contributed by atoms with Crippen molar-refractivity contribution in [2.24, 2.45) is 5.92 Å². The molecule has 1 aromatic heterocycles. The monoisotopic (exact) mass is 210 g/mol. The van der Waals surface area contributed by atoms with Gasteiger partial charge in [0.2, 0.25) is 0 Å². The van der Waals surface area contributed by atoms with Crippen molar-refractivity contribution in [1.82, 2.24) is 4.98 Å². The smallest absolute Gasteiger partial charge is 0.130 e. The minimum Gasteiger partial charge on any atom is -0.246 e. The highest BCUT2D eigenvalue weighted by Gasteiger charge is 2.10. The van der Waals surface area contributed by atoms with Gasteiger partial charge in [-0.1, -0.05) is 25.2 Å². The zero-order chi connectivity index (χ0) is 11.2. The molecule has 2 nitrogen and oxygen atoms in total. The molecule has 1 aromatic rings. The van der Waals surface area contributed by atoms with Crippen LogP contribution >= 0.6 is 0 Å². The van der Waals surface area contributed by atoms with E-state index in [9.17, 15) is 0 Å². The second kappa shape index (κ2) is 5.33. The first kappa shape index (κ1) is 10.7. The topological polar surface area (TPSA) is 36.7 Å². The molecule has 1 heterocycles. The summed E-state index contributed by atoms with van der Waals surface area (Å²) in [4.78, 5) is 4.14. The number of nitrogens with zero attached hydrogens (tertiary/aromatic N) is 2. The van der Waals surface area contributed by atoms with Gasteiger partial charge in [-0.3, -0.25) is 0 Å². The van der Waals surface area contributed by atoms with Gasteiger partial charge in [-0.05, 0) is 30.9 Å². The first-order chi connectivity index (χ1) is 7.90. The Labute approximate surface area is 96.3 Å². The molecule has 0 radical (unpaired) electrons. The minimum absolute atomic E-state index is 0.502. The van der Waals surface area contributed by atoms with Gasteiger partial charge < -0.3 is 0 Å². The molecule has 2 rings (SSSR count). The van der Waals surface area contributed by atoms with E-state index in [0.29, 0.717) is 17.2 Å². The number of hydrogen-bond donors (Lipinski definition) is 0. The Morgan fingerprint density at radius 1 is 1.25 bits per heavy atom. The molecule has 0 spiro atoms. The van der Waals surface area contributed by atoms with Gasteiger partial charge >= 0.3 is 0 Å². The highest BCUT2D eigenvalue weighted by molar-refractivity contribution is 5.43. The van der Waals surface area contributed by atoms with Crippen molar-refractivity contribution >= 4 is 0 Å². The van der Waals surface area contributed by atoms with Gasteiger partial charge in [0.1, 0.15) is 11.8 Å². The van der Waals surface area contributed by atoms with Gasteiger partial charge in [0, 0.05) is 12.1 Å². The van der Waals surface area contributed by atoms with Crippen LogP contribution in [0.5, 0.6) is 0 Å². The lowest BCUT2D eigenvalue weighted by Crippen LogP contribution is -2.03. The normalized spacial score (nSPS) is 15.9. The van der Waals surface area contributed by atoms with Gasteiger partial charge in [-0.15, -0.1) is 0 Å². The van der Waals surface area contributed by atoms with Crippen molar-refractivity contribution in [3.05, 3.63) is 29.6 Å². The summed E-state index contributed by atoms with van der Waals surface area (Å²) < 4.78 is 0. The van der Waals surface area contributed by atoms with E-state index in [4.69, 9.17) is 5.26 Å². The van der Waals surface area contributed by atoms with Gasteiger partial charge in [-0.2, -0.15) is 5.26 Å². The van der Waals surface area contributed by atoms with Gasteiger partial charge in [0.15, 0.2) is 0 Å². The Morgan fingerprint density at radius 3 is 2.81 bits per heavy atom. The summed E-state index contributed by atoms with van der Waals surface area (Å²) in [6.07, 6.45) is 7.99. The van der Waals surface area contributed by atoms with E-state index in [1.807, 2.05) is 0 Å². The lowest BCUT2D eigenvalue weighted by atomic mass is 9.90. The summed E-state index contributed by atoms with van der Waals surface area (Å²) in [6, 6.07) is 5.65. The van der Waals surface area contributed by atoms with Crippen molar-refractivity contribution in [1.29, 1.82) is 5.26 Å². The number of hydrogen-bond acceptors (Lipinski definition) is 2. The standard InChI is InChI=1S/C14H14N2/c15-11-13-7-4-10-16-14(13)9-8-12-5-2-1-3-6-12/h4,7,10,12H,1-3,5-6H2. The van der Waals surface area contributed by atoms with Crippen LogP contribution in [-0.4, -0.2) is 4.98 Å². The maximum atomic E-state index is 8.90. The highest BCUT2D eigenvalue weighted by Crippen LogP contribution is 2.22. The Morgan fingerprint density at radius 2 is 2.06 bits per heavy atom. The molecule has 0 atom stereocenters. The molecule has 0 amide bonds. The summed E-state index contributed by atoms with van der Waals surface area (Å²) in [5.41, 5.74) is 1.20. The molecule has 1 aliphatic rings. The second-order valence-electron chi connectivity index (χ2n) is 4.12. The van der Waals surface area contributed by atoms with Gasteiger partial charge in [0.05, 0.1) is 5.56 Å². The molecule has 0 N–H and O–H groups in total. The van der Waals surface area contributed by atoms with E-state index < -0.39 is 0 Å². The molecule has 1 aliphatic carbocycles. The van der Waals surface area contributed by atoms with E-state index in [1.54, 1.807) is 18.3 Å². The van der Waals surface area contributed by atoms with Crippen LogP contribution in [0.15, 0.2) is 18.3 Å². The third-order valence-corrected chi connectivity index (χ3v) is 2.93. The molecule has 0 aliphatic heterocycles. The van der Waals surface area contributed by atoms with Crippen molar-refractivity contribution in [2.75, 3.05) is 0 Å². The third-order valence-electron chi connectivity index (χ3n) is 2.93. The van der Waals surface area contributed by atoms with Crippen LogP contribution < -0.4 is 0 Å². The largest absolute Gasteiger partial charge is 0.246 e. The SMILES string of the molecule is N#Cc1cccnc1C#CC1CCCCC1. The van der Waals surface area contributed by atoms with Crippen LogP contribution in [0.1, 0.15) is 43.4 Å². The van der Waals surface area contributed by atoms with Crippen LogP contribution in [-0.2, 0) is 0 Å². The number of pyridine rings is 1. The summed E-state index contributed by atoms with van der Waals surface area (Å²) in [5.74, 6) is 6.80. The second-order valence-corrected chi connectivity index (χ2v) is 4.12. The lowest BCUT2D eigenvalue weighted by molar-refractivity contribution is 0.430. The fourth-order valence-corrected chi connectivity index (χ4v) is 2.01. The summed E-state index contributed by atoms with van der Waals surface area (Å²) in [5, 5.41) is 8.90. The molecule has 0 saturated heterocycles. The maximum absolute atomic E-state index is 8.90. The van der Waals surface area contributed by atoms with Crippen LogP contribution in [0.4, 0.5) is 0 Å². The molecule has 16 heavy (non-hydrogen) atoms. The summed E-state index contributed by atoms with van der Waals surface area (Å²) >= 11 is 0. The van der Waals surface area contributed by atoms with E-state index in [1.165, 1.54) is 32.1 Å². The quantitative estimate of drug-likeness (QED) is 0.617. The predicted octanol–water partition coefficient (Wildman–Crippen LogP) is 2.89. The van der Waals surface area contributed by atoms with Crippen LogP contribution in [0, 0.1) is 29.1 Å². The average molecular weight is 210 g/mol. The Bertz CT molecular complexity index is 454. The Kier molecular flexibility index (Phi) is 3.57. The van der Waals surface area contributed by atoms with Crippen LogP contribution in [0.2, 0.25) is 0 Å². The van der Waals surface area contributed by atoms with E-state index in [2.05, 4.69) is 22.9 Å². The molecule has 80 valence electrons. The molecule has 0 aromatic carbocycles. The first-order valence-corrected chi connectivity index (χ1v) is 5.77. The molecular formula is C14H14N2. The molecule has 2 heteroatoms. The molecule has 0 bridgehead atoms. The zero-order valence-corrected chi connectivity index (χ0v) is 9.24. The molecular weight excluding hydrogens is 196 g/mol. The Hall–Kier alpha value is -1.80. The van der Waals surface area contributed by atoms with Crippen molar-refractivity contribution in [3.8, 4) is 17.9 Å². The highest BCUT2D eigenvalue weighted by atomic mass is 14.7. The summed E-state index contributed by atoms with van der Waals surface area (Å²) in [7, 11) is 0. The maximum Gasteiger partial charge on any atom is 0.130 e. The van der Waals surface area contributed by atoms with E-state index >= 15 is 0 Å². The van der Waals surface area contributed by atoms with E-state index in [0.717, 1.165) is 0 Å². The minimum atomic E-state index is 0.502. The molecule has 1 fully saturated rings. The van der Waals surface area contributed by atoms with Gasteiger partial charge in [-0.25, -0.2) is 4.98 Å². The molecule has 1 saturated carbocycles. The van der Waals surface area contributed by atoms with Crippen LogP contribution in [0.25, 0.3) is 0 Å². The van der Waals surface area contributed by atoms with Gasteiger partial charge in [0.25, 0.3) is 0 Å². The third kappa shape index (κ3) is 2.61. The first-order valence-electron chi connectivity index (χ1n) is 5.77. The zero-order valence-electron chi connectivity index (χ0n) is 9.24. The number of nitriles is 1. The van der Waals surface area contributed by atoms with Crippen LogP contribution in [0.3, 0.4) is 0 Å². The summed E-state index contributed by atoms with van der Waals surface area (Å²) in [6.45, 7) is 0. The fraction of sp³-hybridized carbons (Fsp3) is 0.429. The average Bonchev–Trinajstić information content (AvgIpc) is 2.38. The van der Waals surface area contributed by atoms with Crippen molar-refractivity contribution < 1.29 is 0 Å². The predicted molar refractivity (Wildman–Crippen MR) is 62.4 cm³/mol. The van der Waals surface area contributed by atoms with E-state index in [-0.39, 0.29) is 0 Å². The lowest BCUT2D eigenvalue weighted by Gasteiger charge is -2.15. The van der Waals surface area contributed by atoms with Crippen molar-refractivity contribution in [2.45, 2.75) is 32.1 Å². The number of rotatable bonds is 0. The van der Waals surface area contributed by atoms with Crippen molar-refractivity contribution in [3.63, 3.8) is 0 Å². The fourth-order valence-electron chi connectivity index (χ4n) is 2.01. The Balaban J connectivity index is 2.14. The number of aromatic nitrogens is 1. The molecule has 0 unspecified atom stereocenters.